The molecule has 0 atom stereocenters. The maximum atomic E-state index is 11.9. The summed E-state index contributed by atoms with van der Waals surface area (Å²) in [5.41, 5.74) is 1.48. The van der Waals surface area contributed by atoms with Crippen molar-refractivity contribution in [2.24, 2.45) is 4.99 Å². The van der Waals surface area contributed by atoms with Crippen molar-refractivity contribution < 1.29 is 14.3 Å². The largest absolute Gasteiger partial charge is 0.417 e. The molecule has 0 unspecified atom stereocenters. The first-order valence-corrected chi connectivity index (χ1v) is 7.60. The molecule has 1 heterocycles. The first-order chi connectivity index (χ1) is 11.6. The molecule has 0 aromatic heterocycles. The number of hydrogen-bond donors (Lipinski definition) is 1. The number of amides is 2. The fraction of sp³-hybridized carbons (Fsp3) is 0.167. The zero-order chi connectivity index (χ0) is 16.9. The van der Waals surface area contributed by atoms with Crippen molar-refractivity contribution in [1.29, 1.82) is 0 Å². The van der Waals surface area contributed by atoms with Crippen molar-refractivity contribution in [1.82, 2.24) is 4.90 Å². The number of amidine groups is 1. The summed E-state index contributed by atoms with van der Waals surface area (Å²) in [4.78, 5) is 29.4. The van der Waals surface area contributed by atoms with Gasteiger partial charge in [0, 0.05) is 24.7 Å². The van der Waals surface area contributed by atoms with E-state index in [0.717, 1.165) is 5.56 Å². The van der Waals surface area contributed by atoms with E-state index in [1.54, 1.807) is 41.3 Å². The van der Waals surface area contributed by atoms with Gasteiger partial charge in [-0.2, -0.15) is 0 Å². The quantitative estimate of drug-likeness (QED) is 0.944. The summed E-state index contributed by atoms with van der Waals surface area (Å²) in [6, 6.07) is 16.0. The van der Waals surface area contributed by atoms with Gasteiger partial charge in [-0.3, -0.25) is 20.0 Å². The van der Waals surface area contributed by atoms with Gasteiger partial charge in [-0.15, -0.1) is 0 Å². The van der Waals surface area contributed by atoms with E-state index in [4.69, 9.17) is 4.74 Å². The number of hydrogen-bond acceptors (Lipinski definition) is 4. The summed E-state index contributed by atoms with van der Waals surface area (Å²) in [6.07, 6.45) is -0.558. The van der Waals surface area contributed by atoms with Crippen molar-refractivity contribution in [2.75, 3.05) is 18.4 Å². The van der Waals surface area contributed by atoms with Crippen LogP contribution in [0.15, 0.2) is 59.6 Å². The van der Waals surface area contributed by atoms with Gasteiger partial charge in [-0.25, -0.2) is 4.79 Å². The Kier molecular flexibility index (Phi) is 4.56. The third kappa shape index (κ3) is 3.60. The topological polar surface area (TPSA) is 71.0 Å². The second-order valence-corrected chi connectivity index (χ2v) is 5.28. The molecule has 1 N–H and O–H groups in total. The number of anilines is 1. The molecule has 0 fully saturated rings. The van der Waals surface area contributed by atoms with Crippen LogP contribution in [0.4, 0.5) is 10.5 Å². The monoisotopic (exact) mass is 323 g/mol. The third-order valence-corrected chi connectivity index (χ3v) is 3.56. The first kappa shape index (κ1) is 15.7. The van der Waals surface area contributed by atoms with Gasteiger partial charge < -0.3 is 4.74 Å². The molecule has 2 aromatic carbocycles. The summed E-state index contributed by atoms with van der Waals surface area (Å²) in [5, 5.41) is 2.64. The second-order valence-electron chi connectivity index (χ2n) is 5.28. The first-order valence-electron chi connectivity index (χ1n) is 7.60. The molecule has 1 aliphatic heterocycles. The zero-order valence-electron chi connectivity index (χ0n) is 13.2. The van der Waals surface area contributed by atoms with E-state index in [-0.39, 0.29) is 5.91 Å². The molecule has 0 saturated carbocycles. The highest BCUT2D eigenvalue weighted by Gasteiger charge is 2.21. The van der Waals surface area contributed by atoms with Crippen LogP contribution < -0.4 is 10.1 Å². The molecule has 0 saturated heterocycles. The zero-order valence-corrected chi connectivity index (χ0v) is 13.2. The van der Waals surface area contributed by atoms with Crippen molar-refractivity contribution in [3.8, 4) is 5.75 Å². The Morgan fingerprint density at radius 3 is 2.46 bits per heavy atom. The maximum absolute atomic E-state index is 11.9. The standard InChI is InChI=1S/C18H17N3O3/c1-13(22)21-12-11-19-17(21)14-7-9-16(10-8-14)24-18(23)20-15-5-3-2-4-6-15/h2-10H,11-12H2,1H3,(H,20,23). The van der Waals surface area contributed by atoms with Crippen LogP contribution in [0.25, 0.3) is 0 Å². The minimum Gasteiger partial charge on any atom is -0.410 e. The average molecular weight is 323 g/mol. The summed E-state index contributed by atoms with van der Waals surface area (Å²) in [6.45, 7) is 2.72. The second kappa shape index (κ2) is 6.95. The Bertz CT molecular complexity index is 770. The predicted octanol–water partition coefficient (Wildman–Crippen LogP) is 2.91. The Balaban J connectivity index is 1.65. The average Bonchev–Trinajstić information content (AvgIpc) is 3.06. The molecule has 122 valence electrons. The highest BCUT2D eigenvalue weighted by Crippen LogP contribution is 2.17. The molecular formula is C18H17N3O3. The number of para-hydroxylation sites is 1. The number of carbonyl (C=O) groups excluding carboxylic acids is 2. The van der Waals surface area contributed by atoms with Gasteiger partial charge in [-0.05, 0) is 36.4 Å². The fourth-order valence-electron chi connectivity index (χ4n) is 2.44. The number of nitrogens with one attached hydrogen (secondary N) is 1. The third-order valence-electron chi connectivity index (χ3n) is 3.56. The van der Waals surface area contributed by atoms with Crippen molar-refractivity contribution >= 4 is 23.5 Å². The van der Waals surface area contributed by atoms with Gasteiger partial charge >= 0.3 is 6.09 Å². The lowest BCUT2D eigenvalue weighted by Crippen LogP contribution is -2.32. The highest BCUT2D eigenvalue weighted by atomic mass is 16.6. The van der Waals surface area contributed by atoms with Gasteiger partial charge in [0.15, 0.2) is 0 Å². The van der Waals surface area contributed by atoms with Gasteiger partial charge in [0.05, 0.1) is 6.54 Å². The Morgan fingerprint density at radius 2 is 1.79 bits per heavy atom. The van der Waals surface area contributed by atoms with Crippen LogP contribution in [0.2, 0.25) is 0 Å². The van der Waals surface area contributed by atoms with Crippen LogP contribution in [0, 0.1) is 0 Å². The van der Waals surface area contributed by atoms with Crippen LogP contribution in [-0.4, -0.2) is 35.8 Å². The predicted molar refractivity (Wildman–Crippen MR) is 91.3 cm³/mol. The van der Waals surface area contributed by atoms with Gasteiger partial charge in [0.25, 0.3) is 0 Å². The molecule has 24 heavy (non-hydrogen) atoms. The minimum absolute atomic E-state index is 0.0335. The molecule has 6 heteroatoms. The molecule has 3 rings (SSSR count). The van der Waals surface area contributed by atoms with Crippen LogP contribution >= 0.6 is 0 Å². The van der Waals surface area contributed by atoms with E-state index in [0.29, 0.717) is 30.4 Å². The van der Waals surface area contributed by atoms with Crippen LogP contribution in [0.1, 0.15) is 12.5 Å². The smallest absolute Gasteiger partial charge is 0.410 e. The van der Waals surface area contributed by atoms with E-state index >= 15 is 0 Å². The summed E-state index contributed by atoms with van der Waals surface area (Å²) < 4.78 is 5.24. The van der Waals surface area contributed by atoms with Gasteiger partial charge in [0.2, 0.25) is 5.91 Å². The van der Waals surface area contributed by atoms with E-state index in [2.05, 4.69) is 10.3 Å². The Morgan fingerprint density at radius 1 is 1.08 bits per heavy atom. The number of rotatable bonds is 3. The van der Waals surface area contributed by atoms with Crippen molar-refractivity contribution in [2.45, 2.75) is 6.92 Å². The number of benzene rings is 2. The van der Waals surface area contributed by atoms with Crippen LogP contribution in [0.3, 0.4) is 0 Å². The normalized spacial score (nSPS) is 13.4. The Hall–Kier alpha value is -3.15. The fourth-order valence-corrected chi connectivity index (χ4v) is 2.44. The molecule has 2 amide bonds. The van der Waals surface area contributed by atoms with E-state index in [1.165, 1.54) is 6.92 Å². The van der Waals surface area contributed by atoms with E-state index in [1.807, 2.05) is 18.2 Å². The van der Waals surface area contributed by atoms with Crippen molar-refractivity contribution in [3.63, 3.8) is 0 Å². The minimum atomic E-state index is -0.558. The van der Waals surface area contributed by atoms with Gasteiger partial charge in [0.1, 0.15) is 11.6 Å². The number of carbonyl (C=O) groups is 2. The molecular weight excluding hydrogens is 306 g/mol. The number of aliphatic imine (C=N–C) groups is 1. The molecule has 0 aliphatic carbocycles. The van der Waals surface area contributed by atoms with E-state index < -0.39 is 6.09 Å². The molecule has 0 bridgehead atoms. The van der Waals surface area contributed by atoms with E-state index in [9.17, 15) is 9.59 Å². The Labute approximate surface area is 139 Å². The maximum Gasteiger partial charge on any atom is 0.417 e. The molecule has 6 nitrogen and oxygen atoms in total. The van der Waals surface area contributed by atoms with Crippen LogP contribution in [0.5, 0.6) is 5.75 Å². The molecule has 0 radical (unpaired) electrons. The summed E-state index contributed by atoms with van der Waals surface area (Å²) in [7, 11) is 0. The molecule has 0 spiro atoms. The summed E-state index contributed by atoms with van der Waals surface area (Å²) in [5.74, 6) is 1.04. The molecule has 1 aliphatic rings. The number of ether oxygens (including phenoxy) is 1. The number of nitrogens with zero attached hydrogens (tertiary/aromatic N) is 2. The lowest BCUT2D eigenvalue weighted by molar-refractivity contribution is -0.124. The SMILES string of the molecule is CC(=O)N1CCN=C1c1ccc(OC(=O)Nc2ccccc2)cc1. The lowest BCUT2D eigenvalue weighted by atomic mass is 10.2. The van der Waals surface area contributed by atoms with Crippen molar-refractivity contribution in [3.05, 3.63) is 60.2 Å². The molecule has 2 aromatic rings. The highest BCUT2D eigenvalue weighted by molar-refractivity contribution is 6.08. The lowest BCUT2D eigenvalue weighted by Gasteiger charge is -2.16. The van der Waals surface area contributed by atoms with Crippen LogP contribution in [-0.2, 0) is 4.79 Å². The summed E-state index contributed by atoms with van der Waals surface area (Å²) >= 11 is 0. The van der Waals surface area contributed by atoms with Gasteiger partial charge in [-0.1, -0.05) is 18.2 Å².